The largest absolute Gasteiger partial charge is 0.493 e. The Morgan fingerprint density at radius 2 is 2.22 bits per heavy atom. The summed E-state index contributed by atoms with van der Waals surface area (Å²) in [6.07, 6.45) is 0.108. The summed E-state index contributed by atoms with van der Waals surface area (Å²) in [5, 5.41) is 12.3. The lowest BCUT2D eigenvalue weighted by Crippen LogP contribution is -2.07. The number of aliphatic carboxylic acids is 1. The Kier molecular flexibility index (Phi) is 4.57. The smallest absolute Gasteiger partial charge is 0.304 e. The summed E-state index contributed by atoms with van der Waals surface area (Å²) in [5.74, 6) is -0.0603. The number of carboxylic acids is 1. The van der Waals surface area contributed by atoms with E-state index in [1.807, 2.05) is 30.3 Å². The van der Waals surface area contributed by atoms with E-state index in [1.165, 1.54) is 11.1 Å². The number of carboxylic acid groups (broad SMARTS) is 1. The fraction of sp³-hybridized carbons (Fsp3) is 0.278. The lowest BCUT2D eigenvalue weighted by Gasteiger charge is -2.11. The number of fused-ring (bicyclic) bond motifs is 1. The molecule has 0 aromatic heterocycles. The molecule has 1 aliphatic heterocycles. The number of benzene rings is 2. The molecule has 0 amide bonds. The molecule has 0 bridgehead atoms. The van der Waals surface area contributed by atoms with Crippen LogP contribution in [0.4, 0.5) is 5.69 Å². The number of anilines is 1. The number of halogens is 1. The normalized spacial score (nSPS) is 15.8. The third-order valence-electron chi connectivity index (χ3n) is 4.18. The van der Waals surface area contributed by atoms with E-state index in [2.05, 4.69) is 34.2 Å². The van der Waals surface area contributed by atoms with Gasteiger partial charge in [0.2, 0.25) is 0 Å². The van der Waals surface area contributed by atoms with Crippen molar-refractivity contribution in [3.8, 4) is 5.75 Å². The molecule has 0 radical (unpaired) electrons. The van der Waals surface area contributed by atoms with Crippen LogP contribution in [0, 0.1) is 6.92 Å². The molecule has 2 aromatic rings. The molecular formula is C18H18BrNO3. The van der Waals surface area contributed by atoms with Crippen LogP contribution in [0.5, 0.6) is 5.75 Å². The van der Waals surface area contributed by atoms with Gasteiger partial charge in [0.05, 0.1) is 13.0 Å². The summed E-state index contributed by atoms with van der Waals surface area (Å²) in [4.78, 5) is 10.9. The first-order valence-corrected chi connectivity index (χ1v) is 8.30. The molecule has 3 rings (SSSR count). The van der Waals surface area contributed by atoms with E-state index >= 15 is 0 Å². The van der Waals surface area contributed by atoms with Crippen LogP contribution in [0.25, 0.3) is 0 Å². The molecule has 0 aliphatic carbocycles. The van der Waals surface area contributed by atoms with Gasteiger partial charge in [0, 0.05) is 34.3 Å². The van der Waals surface area contributed by atoms with Crippen molar-refractivity contribution in [3.05, 3.63) is 57.6 Å². The Morgan fingerprint density at radius 3 is 3.00 bits per heavy atom. The van der Waals surface area contributed by atoms with E-state index in [1.54, 1.807) is 0 Å². The summed E-state index contributed by atoms with van der Waals surface area (Å²) in [5.41, 5.74) is 4.40. The van der Waals surface area contributed by atoms with E-state index in [0.717, 1.165) is 28.0 Å². The van der Waals surface area contributed by atoms with Crippen LogP contribution in [0.1, 0.15) is 29.0 Å². The quantitative estimate of drug-likeness (QED) is 0.816. The average molecular weight is 376 g/mol. The molecule has 2 N–H and O–H groups in total. The zero-order valence-electron chi connectivity index (χ0n) is 12.8. The third kappa shape index (κ3) is 3.50. The number of ether oxygens (including phenoxy) is 1. The van der Waals surface area contributed by atoms with Crippen molar-refractivity contribution in [3.63, 3.8) is 0 Å². The van der Waals surface area contributed by atoms with Gasteiger partial charge >= 0.3 is 5.97 Å². The zero-order chi connectivity index (χ0) is 16.4. The second kappa shape index (κ2) is 6.62. The molecule has 1 aliphatic rings. The maximum Gasteiger partial charge on any atom is 0.304 e. The zero-order valence-corrected chi connectivity index (χ0v) is 14.4. The highest BCUT2D eigenvalue weighted by atomic mass is 79.9. The Balaban J connectivity index is 1.71. The van der Waals surface area contributed by atoms with Crippen LogP contribution in [0.2, 0.25) is 0 Å². The maximum atomic E-state index is 10.9. The van der Waals surface area contributed by atoms with E-state index in [9.17, 15) is 4.79 Å². The highest BCUT2D eigenvalue weighted by Gasteiger charge is 2.26. The predicted octanol–water partition coefficient (Wildman–Crippen LogP) is 4.32. The van der Waals surface area contributed by atoms with E-state index in [-0.39, 0.29) is 12.3 Å². The van der Waals surface area contributed by atoms with Crippen LogP contribution in [0.15, 0.2) is 40.9 Å². The lowest BCUT2D eigenvalue weighted by molar-refractivity contribution is -0.137. The molecule has 0 fully saturated rings. The van der Waals surface area contributed by atoms with Crippen molar-refractivity contribution in [2.75, 3.05) is 11.9 Å². The molecule has 5 heteroatoms. The van der Waals surface area contributed by atoms with Gasteiger partial charge in [-0.05, 0) is 30.2 Å². The van der Waals surface area contributed by atoms with E-state index in [0.29, 0.717) is 6.61 Å². The van der Waals surface area contributed by atoms with Crippen molar-refractivity contribution < 1.29 is 14.6 Å². The van der Waals surface area contributed by atoms with E-state index in [4.69, 9.17) is 9.84 Å². The van der Waals surface area contributed by atoms with Gasteiger partial charge in [-0.3, -0.25) is 4.79 Å². The maximum absolute atomic E-state index is 10.9. The van der Waals surface area contributed by atoms with Gasteiger partial charge in [0.25, 0.3) is 0 Å². The van der Waals surface area contributed by atoms with Crippen molar-refractivity contribution in [2.45, 2.75) is 25.8 Å². The number of hydrogen-bond acceptors (Lipinski definition) is 3. The van der Waals surface area contributed by atoms with Crippen molar-refractivity contribution >= 4 is 27.6 Å². The Morgan fingerprint density at radius 1 is 1.39 bits per heavy atom. The van der Waals surface area contributed by atoms with Crippen LogP contribution >= 0.6 is 15.9 Å². The lowest BCUT2D eigenvalue weighted by atomic mass is 9.98. The van der Waals surface area contributed by atoms with Crippen molar-refractivity contribution in [1.82, 2.24) is 0 Å². The SMILES string of the molecule is Cc1c(Br)cccc1CNc1ccc2c(c1)OC[C@H]2CC(=O)O. The standard InChI is InChI=1S/C18H18BrNO3/c1-11-12(3-2-4-16(11)19)9-20-14-5-6-15-13(7-18(21)22)10-23-17(15)8-14/h2-6,8,13,20H,7,9-10H2,1H3,(H,21,22)/t13-/m1/s1. The molecule has 4 nitrogen and oxygen atoms in total. The highest BCUT2D eigenvalue weighted by molar-refractivity contribution is 9.10. The summed E-state index contributed by atoms with van der Waals surface area (Å²) in [6.45, 7) is 3.25. The summed E-state index contributed by atoms with van der Waals surface area (Å²) in [6, 6.07) is 12.0. The van der Waals surface area contributed by atoms with Crippen molar-refractivity contribution in [1.29, 1.82) is 0 Å². The summed E-state index contributed by atoms with van der Waals surface area (Å²) in [7, 11) is 0. The second-order valence-corrected chi connectivity index (χ2v) is 6.59. The molecule has 0 unspecified atom stereocenters. The minimum Gasteiger partial charge on any atom is -0.493 e. The number of hydrogen-bond donors (Lipinski definition) is 2. The topological polar surface area (TPSA) is 58.6 Å². The summed E-state index contributed by atoms with van der Waals surface area (Å²) < 4.78 is 6.74. The van der Waals surface area contributed by atoms with Gasteiger partial charge in [0.15, 0.2) is 0 Å². The minimum absolute atomic E-state index is 0.0520. The molecule has 1 atom stereocenters. The molecule has 23 heavy (non-hydrogen) atoms. The first-order valence-electron chi connectivity index (χ1n) is 7.51. The first kappa shape index (κ1) is 15.9. The van der Waals surface area contributed by atoms with Gasteiger partial charge < -0.3 is 15.2 Å². The number of carbonyl (C=O) groups is 1. The fourth-order valence-corrected chi connectivity index (χ4v) is 3.21. The molecule has 1 heterocycles. The second-order valence-electron chi connectivity index (χ2n) is 5.74. The summed E-state index contributed by atoms with van der Waals surface area (Å²) >= 11 is 3.54. The van der Waals surface area contributed by atoms with Crippen LogP contribution in [-0.4, -0.2) is 17.7 Å². The molecule has 2 aromatic carbocycles. The van der Waals surface area contributed by atoms with Crippen LogP contribution in [0.3, 0.4) is 0 Å². The molecule has 0 saturated carbocycles. The highest BCUT2D eigenvalue weighted by Crippen LogP contribution is 2.37. The average Bonchev–Trinajstić information content (AvgIpc) is 2.90. The van der Waals surface area contributed by atoms with E-state index < -0.39 is 5.97 Å². The van der Waals surface area contributed by atoms with Gasteiger partial charge in [0.1, 0.15) is 5.75 Å². The predicted molar refractivity (Wildman–Crippen MR) is 93.1 cm³/mol. The van der Waals surface area contributed by atoms with Crippen molar-refractivity contribution in [2.24, 2.45) is 0 Å². The molecule has 0 spiro atoms. The van der Waals surface area contributed by atoms with Gasteiger partial charge in [-0.25, -0.2) is 0 Å². The molecule has 120 valence electrons. The fourth-order valence-electron chi connectivity index (χ4n) is 2.81. The Labute approximate surface area is 143 Å². The first-order chi connectivity index (χ1) is 11.0. The monoisotopic (exact) mass is 375 g/mol. The third-order valence-corrected chi connectivity index (χ3v) is 5.04. The van der Waals surface area contributed by atoms with Crippen LogP contribution < -0.4 is 10.1 Å². The van der Waals surface area contributed by atoms with Crippen LogP contribution in [-0.2, 0) is 11.3 Å². The number of rotatable bonds is 5. The minimum atomic E-state index is -0.793. The number of nitrogens with one attached hydrogen (secondary N) is 1. The molecular weight excluding hydrogens is 358 g/mol. The molecule has 0 saturated heterocycles. The Hall–Kier alpha value is -2.01. The van der Waals surface area contributed by atoms with Gasteiger partial charge in [-0.2, -0.15) is 0 Å². The Bertz CT molecular complexity index is 745. The van der Waals surface area contributed by atoms with Gasteiger partial charge in [-0.1, -0.05) is 34.1 Å². The van der Waals surface area contributed by atoms with Gasteiger partial charge in [-0.15, -0.1) is 0 Å².